The fourth-order valence-corrected chi connectivity index (χ4v) is 2.61. The third-order valence-corrected chi connectivity index (χ3v) is 4.32. The number of ether oxygens (including phenoxy) is 2. The molecule has 0 saturated heterocycles. The zero-order valence-electron chi connectivity index (χ0n) is 15.6. The minimum atomic E-state index is -0.501. The predicted octanol–water partition coefficient (Wildman–Crippen LogP) is 3.47. The number of hydrazone groups is 1. The van der Waals surface area contributed by atoms with E-state index in [0.717, 1.165) is 10.2 Å². The molecule has 0 saturated carbocycles. The van der Waals surface area contributed by atoms with E-state index in [4.69, 9.17) is 9.47 Å². The SMILES string of the molecule is COc1cc(/C=N/NC(=O)c2cc(C)[nH]n2)ccc1OC(=O)c1ccc(Br)cc1. The Kier molecular flexibility index (Phi) is 6.40. The Morgan fingerprint density at radius 2 is 1.90 bits per heavy atom. The van der Waals surface area contributed by atoms with Crippen LogP contribution in [0.5, 0.6) is 11.5 Å². The van der Waals surface area contributed by atoms with Gasteiger partial charge in [0.15, 0.2) is 17.2 Å². The number of halogens is 1. The van der Waals surface area contributed by atoms with E-state index in [1.54, 1.807) is 55.5 Å². The molecule has 148 valence electrons. The van der Waals surface area contributed by atoms with Crippen LogP contribution in [0.2, 0.25) is 0 Å². The topological polar surface area (TPSA) is 106 Å². The van der Waals surface area contributed by atoms with Crippen LogP contribution >= 0.6 is 15.9 Å². The standard InChI is InChI=1S/C20H17BrN4O4/c1-12-9-16(24-23-12)19(26)25-22-11-13-3-8-17(18(10-13)28-2)29-20(27)14-4-6-15(21)7-5-14/h3-11H,1-2H3,(H,23,24)(H,25,26)/b22-11+. The molecule has 2 aromatic carbocycles. The van der Waals surface area contributed by atoms with Crippen LogP contribution in [-0.2, 0) is 0 Å². The summed E-state index contributed by atoms with van der Waals surface area (Å²) >= 11 is 3.32. The van der Waals surface area contributed by atoms with E-state index in [9.17, 15) is 9.59 Å². The van der Waals surface area contributed by atoms with Crippen molar-refractivity contribution in [1.82, 2.24) is 15.6 Å². The maximum atomic E-state index is 12.3. The van der Waals surface area contributed by atoms with Crippen molar-refractivity contribution in [2.24, 2.45) is 5.10 Å². The van der Waals surface area contributed by atoms with Crippen molar-refractivity contribution in [3.05, 3.63) is 75.5 Å². The van der Waals surface area contributed by atoms with Crippen molar-refractivity contribution in [1.29, 1.82) is 0 Å². The summed E-state index contributed by atoms with van der Waals surface area (Å²) in [5.74, 6) is -0.307. The number of carbonyl (C=O) groups excluding carboxylic acids is 2. The summed E-state index contributed by atoms with van der Waals surface area (Å²) in [5.41, 5.74) is 4.46. The maximum absolute atomic E-state index is 12.3. The van der Waals surface area contributed by atoms with Gasteiger partial charge in [0.25, 0.3) is 5.91 Å². The molecule has 0 bridgehead atoms. The lowest BCUT2D eigenvalue weighted by molar-refractivity contribution is 0.0729. The molecule has 0 aliphatic rings. The average molecular weight is 457 g/mol. The second-order valence-electron chi connectivity index (χ2n) is 5.94. The Balaban J connectivity index is 1.67. The third-order valence-electron chi connectivity index (χ3n) is 3.79. The second kappa shape index (κ2) is 9.16. The molecule has 29 heavy (non-hydrogen) atoms. The van der Waals surface area contributed by atoms with Gasteiger partial charge in [-0.15, -0.1) is 0 Å². The molecule has 0 aliphatic carbocycles. The average Bonchev–Trinajstić information content (AvgIpc) is 3.15. The molecule has 0 spiro atoms. The molecular formula is C20H17BrN4O4. The summed E-state index contributed by atoms with van der Waals surface area (Å²) in [6, 6.07) is 13.3. The van der Waals surface area contributed by atoms with Crippen molar-refractivity contribution < 1.29 is 19.1 Å². The highest BCUT2D eigenvalue weighted by atomic mass is 79.9. The third kappa shape index (κ3) is 5.29. The molecular weight excluding hydrogens is 440 g/mol. The van der Waals surface area contributed by atoms with E-state index in [0.29, 0.717) is 16.9 Å². The Morgan fingerprint density at radius 3 is 2.55 bits per heavy atom. The van der Waals surface area contributed by atoms with Crippen molar-refractivity contribution in [3.63, 3.8) is 0 Å². The molecule has 8 nitrogen and oxygen atoms in total. The number of aromatic nitrogens is 2. The van der Waals surface area contributed by atoms with Gasteiger partial charge in [-0.05, 0) is 61.0 Å². The van der Waals surface area contributed by atoms with E-state index in [1.807, 2.05) is 0 Å². The van der Waals surface area contributed by atoms with Gasteiger partial charge in [0, 0.05) is 10.2 Å². The summed E-state index contributed by atoms with van der Waals surface area (Å²) in [7, 11) is 1.47. The number of aromatic amines is 1. The number of rotatable bonds is 6. The number of esters is 1. The van der Waals surface area contributed by atoms with Crippen LogP contribution < -0.4 is 14.9 Å². The fourth-order valence-electron chi connectivity index (χ4n) is 2.35. The minimum absolute atomic E-state index is 0.243. The molecule has 1 amide bonds. The van der Waals surface area contributed by atoms with Gasteiger partial charge in [-0.3, -0.25) is 9.89 Å². The highest BCUT2D eigenvalue weighted by Crippen LogP contribution is 2.28. The number of benzene rings is 2. The number of hydrogen-bond acceptors (Lipinski definition) is 6. The molecule has 1 aromatic heterocycles. The monoisotopic (exact) mass is 456 g/mol. The van der Waals surface area contributed by atoms with E-state index in [-0.39, 0.29) is 11.4 Å². The van der Waals surface area contributed by atoms with Gasteiger partial charge in [0.1, 0.15) is 0 Å². The molecule has 2 N–H and O–H groups in total. The highest BCUT2D eigenvalue weighted by Gasteiger charge is 2.13. The number of aryl methyl sites for hydroxylation is 1. The molecule has 0 fully saturated rings. The van der Waals surface area contributed by atoms with E-state index in [2.05, 4.69) is 36.7 Å². The minimum Gasteiger partial charge on any atom is -0.493 e. The molecule has 0 radical (unpaired) electrons. The van der Waals surface area contributed by atoms with Crippen LogP contribution in [0.15, 0.2) is 58.1 Å². The lowest BCUT2D eigenvalue weighted by atomic mass is 10.2. The van der Waals surface area contributed by atoms with Gasteiger partial charge in [-0.2, -0.15) is 10.2 Å². The van der Waals surface area contributed by atoms with Gasteiger partial charge in [0.2, 0.25) is 0 Å². The van der Waals surface area contributed by atoms with Gasteiger partial charge < -0.3 is 9.47 Å². The van der Waals surface area contributed by atoms with Crippen LogP contribution in [0, 0.1) is 6.92 Å². The van der Waals surface area contributed by atoms with Gasteiger partial charge in [0.05, 0.1) is 18.9 Å². The first-order valence-electron chi connectivity index (χ1n) is 8.47. The first-order valence-corrected chi connectivity index (χ1v) is 9.27. The number of nitrogens with zero attached hydrogens (tertiary/aromatic N) is 2. The Hall–Kier alpha value is -3.46. The van der Waals surface area contributed by atoms with Crippen molar-refractivity contribution in [2.45, 2.75) is 6.92 Å². The molecule has 3 rings (SSSR count). The summed E-state index contributed by atoms with van der Waals surface area (Å²) < 4.78 is 11.6. The zero-order valence-corrected chi connectivity index (χ0v) is 17.2. The van der Waals surface area contributed by atoms with Gasteiger partial charge >= 0.3 is 5.97 Å². The van der Waals surface area contributed by atoms with Crippen LogP contribution in [0.1, 0.15) is 32.1 Å². The van der Waals surface area contributed by atoms with Crippen molar-refractivity contribution in [3.8, 4) is 11.5 Å². The van der Waals surface area contributed by atoms with Crippen molar-refractivity contribution >= 4 is 34.0 Å². The van der Waals surface area contributed by atoms with Crippen LogP contribution in [-0.4, -0.2) is 35.4 Å². The van der Waals surface area contributed by atoms with Gasteiger partial charge in [-0.25, -0.2) is 10.2 Å². The maximum Gasteiger partial charge on any atom is 0.343 e. The molecule has 1 heterocycles. The molecule has 3 aromatic rings. The number of methoxy groups -OCH3 is 1. The molecule has 0 unspecified atom stereocenters. The zero-order chi connectivity index (χ0) is 20.8. The molecule has 9 heteroatoms. The van der Waals surface area contributed by atoms with Crippen LogP contribution in [0.3, 0.4) is 0 Å². The second-order valence-corrected chi connectivity index (χ2v) is 6.86. The van der Waals surface area contributed by atoms with E-state index >= 15 is 0 Å². The van der Waals surface area contributed by atoms with E-state index in [1.165, 1.54) is 13.3 Å². The van der Waals surface area contributed by atoms with E-state index < -0.39 is 11.9 Å². The number of H-pyrrole nitrogens is 1. The van der Waals surface area contributed by atoms with Crippen molar-refractivity contribution in [2.75, 3.05) is 7.11 Å². The lowest BCUT2D eigenvalue weighted by Gasteiger charge is -2.10. The summed E-state index contributed by atoms with van der Waals surface area (Å²) in [5, 5.41) is 10.4. The Labute approximate surface area is 175 Å². The number of hydrogen-bond donors (Lipinski definition) is 2. The smallest absolute Gasteiger partial charge is 0.343 e. The largest absolute Gasteiger partial charge is 0.493 e. The Morgan fingerprint density at radius 1 is 1.14 bits per heavy atom. The first-order chi connectivity index (χ1) is 14.0. The first kappa shape index (κ1) is 20.3. The number of carbonyl (C=O) groups is 2. The van der Waals surface area contributed by atoms with Gasteiger partial charge in [-0.1, -0.05) is 15.9 Å². The summed E-state index contributed by atoms with van der Waals surface area (Å²) in [6.07, 6.45) is 1.44. The molecule has 0 aliphatic heterocycles. The number of nitrogens with one attached hydrogen (secondary N) is 2. The quantitative estimate of drug-likeness (QED) is 0.255. The number of amides is 1. The predicted molar refractivity (Wildman–Crippen MR) is 110 cm³/mol. The fraction of sp³-hybridized carbons (Fsp3) is 0.100. The molecule has 0 atom stereocenters. The van der Waals surface area contributed by atoms with Crippen LogP contribution in [0.25, 0.3) is 0 Å². The highest BCUT2D eigenvalue weighted by molar-refractivity contribution is 9.10. The van der Waals surface area contributed by atoms with Crippen LogP contribution in [0.4, 0.5) is 0 Å². The normalized spacial score (nSPS) is 10.7. The summed E-state index contributed by atoms with van der Waals surface area (Å²) in [6.45, 7) is 1.80. The Bertz CT molecular complexity index is 1060. The lowest BCUT2D eigenvalue weighted by Crippen LogP contribution is -2.18. The summed E-state index contributed by atoms with van der Waals surface area (Å²) in [4.78, 5) is 24.2.